The molecule has 0 radical (unpaired) electrons. The number of nitrogens with zero attached hydrogens (tertiary/aromatic N) is 2. The fourth-order valence-electron chi connectivity index (χ4n) is 2.49. The van der Waals surface area contributed by atoms with E-state index >= 15 is 0 Å². The van der Waals surface area contributed by atoms with Crippen LogP contribution >= 0.6 is 23.5 Å². The minimum Gasteiger partial charge on any atom is -0.756 e. The number of nitrogen functional groups attached to an aromatic ring is 1. The number of hydrogen-bond acceptors (Lipinski definition) is 14. The zero-order valence-corrected chi connectivity index (χ0v) is 17.6. The van der Waals surface area contributed by atoms with Gasteiger partial charge >= 0.3 is 13.5 Å². The average Bonchev–Trinajstić information content (AvgIpc) is 2.73. The molecule has 1 aromatic rings. The molecule has 7 N–H and O–H groups in total. The van der Waals surface area contributed by atoms with Gasteiger partial charge in [0, 0.05) is 6.20 Å². The summed E-state index contributed by atoms with van der Waals surface area (Å²) in [6.45, 7) is 0.288. The zero-order valence-electron chi connectivity index (χ0n) is 14.9. The van der Waals surface area contributed by atoms with Gasteiger partial charge in [0.15, 0.2) is 6.23 Å². The number of hydrogen-bond donors (Lipinski definition) is 5. The third kappa shape index (κ3) is 6.24. The zero-order chi connectivity index (χ0) is 23.1. The normalized spacial score (nSPS) is 32.8. The van der Waals surface area contributed by atoms with Gasteiger partial charge in [-0.05, 0) is 13.0 Å². The van der Waals surface area contributed by atoms with Crippen molar-refractivity contribution in [3.63, 3.8) is 0 Å². The molecule has 0 aliphatic carbocycles. The Morgan fingerprint density at radius 3 is 2.47 bits per heavy atom. The number of phosphoric ester groups is 1. The first-order valence-electron chi connectivity index (χ1n) is 7.65. The van der Waals surface area contributed by atoms with E-state index in [0.29, 0.717) is 0 Å². The summed E-state index contributed by atoms with van der Waals surface area (Å²) in [7, 11) is -17.4. The Labute approximate surface area is 167 Å². The molecule has 20 heteroatoms. The predicted octanol–water partition coefficient (Wildman–Crippen LogP) is -3.12. The highest BCUT2D eigenvalue weighted by Crippen LogP contribution is 2.63. The van der Waals surface area contributed by atoms with Crippen LogP contribution in [0.15, 0.2) is 17.1 Å². The van der Waals surface area contributed by atoms with Crippen LogP contribution in [-0.2, 0) is 31.6 Å². The molecule has 1 saturated heterocycles. The van der Waals surface area contributed by atoms with Crippen LogP contribution in [0.4, 0.5) is 5.82 Å². The molecular formula is C10H17N4O13P3-2. The molecule has 1 fully saturated rings. The van der Waals surface area contributed by atoms with Gasteiger partial charge in [-0.1, -0.05) is 0 Å². The highest BCUT2D eigenvalue weighted by molar-refractivity contribution is 7.65. The van der Waals surface area contributed by atoms with Crippen molar-refractivity contribution < 1.29 is 56.3 Å². The van der Waals surface area contributed by atoms with Crippen molar-refractivity contribution in [3.8, 4) is 0 Å². The van der Waals surface area contributed by atoms with E-state index in [9.17, 15) is 38.3 Å². The van der Waals surface area contributed by atoms with Crippen LogP contribution in [0.5, 0.6) is 0 Å². The smallest absolute Gasteiger partial charge is 0.478 e. The van der Waals surface area contributed by atoms with Crippen LogP contribution in [0.25, 0.3) is 0 Å². The predicted molar refractivity (Wildman–Crippen MR) is 90.8 cm³/mol. The first-order chi connectivity index (χ1) is 13.4. The molecule has 1 aromatic heterocycles. The van der Waals surface area contributed by atoms with Crippen molar-refractivity contribution in [2.24, 2.45) is 5.73 Å². The molecule has 2 heterocycles. The van der Waals surface area contributed by atoms with Crippen LogP contribution in [0, 0.1) is 0 Å². The van der Waals surface area contributed by atoms with Gasteiger partial charge in [0.2, 0.25) is 0 Å². The summed E-state index contributed by atoms with van der Waals surface area (Å²) < 4.78 is 50.7. The van der Waals surface area contributed by atoms with Crippen LogP contribution in [0.1, 0.15) is 13.2 Å². The monoisotopic (exact) mass is 494 g/mol. The lowest BCUT2D eigenvalue weighted by atomic mass is 9.93. The highest BCUT2D eigenvalue weighted by Gasteiger charge is 2.52. The Hall–Kier alpha value is -1.03. The van der Waals surface area contributed by atoms with Crippen LogP contribution in [0.3, 0.4) is 0 Å². The second-order valence-electron chi connectivity index (χ2n) is 6.22. The number of rotatable bonds is 8. The van der Waals surface area contributed by atoms with Crippen LogP contribution < -0.4 is 26.9 Å². The summed E-state index contributed by atoms with van der Waals surface area (Å²) in [5.41, 5.74) is 8.84. The van der Waals surface area contributed by atoms with E-state index in [0.717, 1.165) is 4.57 Å². The first kappa shape index (κ1) is 25.2. The van der Waals surface area contributed by atoms with Crippen LogP contribution in [-0.4, -0.2) is 48.8 Å². The Morgan fingerprint density at radius 2 is 1.93 bits per heavy atom. The fourth-order valence-corrected chi connectivity index (χ4v) is 5.43. The molecule has 0 spiro atoms. The van der Waals surface area contributed by atoms with Gasteiger partial charge < -0.3 is 40.9 Å². The summed E-state index contributed by atoms with van der Waals surface area (Å²) >= 11 is 0. The van der Waals surface area contributed by atoms with Gasteiger partial charge in [-0.15, -0.1) is 0 Å². The lowest BCUT2D eigenvalue weighted by molar-refractivity contribution is -0.236. The Kier molecular flexibility index (Phi) is 7.14. The van der Waals surface area contributed by atoms with E-state index in [1.165, 1.54) is 19.2 Å². The summed E-state index contributed by atoms with van der Waals surface area (Å²) in [6.07, 6.45) is -3.25. The third-order valence-corrected chi connectivity index (χ3v) is 7.46. The van der Waals surface area contributed by atoms with Gasteiger partial charge in [0.25, 0.3) is 15.6 Å². The molecule has 0 saturated carbocycles. The molecule has 7 atom stereocenters. The molecule has 3 unspecified atom stereocenters. The van der Waals surface area contributed by atoms with Gasteiger partial charge in [-0.25, -0.2) is 18.0 Å². The summed E-state index contributed by atoms with van der Waals surface area (Å²) in [6, 6.07) is 1.24. The summed E-state index contributed by atoms with van der Waals surface area (Å²) in [5.74, 6) is -0.0958. The fraction of sp³-hybridized carbons (Fsp3) is 0.600. The quantitative estimate of drug-likeness (QED) is 0.223. The van der Waals surface area contributed by atoms with Gasteiger partial charge in [-0.2, -0.15) is 4.98 Å². The van der Waals surface area contributed by atoms with Crippen molar-refractivity contribution >= 4 is 29.3 Å². The standard InChI is InChI=1S/C10H19N4O13P3/c1-10(12)7(15)5(25-8(10)14-3-2-6(11)13-9(14)16)4-24-29(20,21)27-30(22,23)26-28(17,18)19/h2-3,5,7-8,15H,4,12H2,1H3,(H,20,21)(H,22,23)(H2,11,13,16)(H2,17,18,19)/p-2/t5-,7-,8-,10-/m1/s1. The second-order valence-corrected chi connectivity index (χ2v) is 10.6. The van der Waals surface area contributed by atoms with Crippen LogP contribution in [0.2, 0.25) is 0 Å². The van der Waals surface area contributed by atoms with Crippen molar-refractivity contribution in [1.82, 2.24) is 9.55 Å². The van der Waals surface area contributed by atoms with Crippen molar-refractivity contribution in [2.75, 3.05) is 12.3 Å². The number of anilines is 1. The maximum Gasteiger partial charge on any atom is 0.478 e. The van der Waals surface area contributed by atoms with Crippen molar-refractivity contribution in [2.45, 2.75) is 30.9 Å². The molecule has 30 heavy (non-hydrogen) atoms. The number of aromatic nitrogens is 2. The van der Waals surface area contributed by atoms with E-state index in [-0.39, 0.29) is 5.82 Å². The van der Waals surface area contributed by atoms with E-state index in [1.54, 1.807) is 0 Å². The highest BCUT2D eigenvalue weighted by atomic mass is 31.3. The van der Waals surface area contributed by atoms with Crippen molar-refractivity contribution in [1.29, 1.82) is 0 Å². The minimum absolute atomic E-state index is 0.0958. The largest absolute Gasteiger partial charge is 0.756 e. The summed E-state index contributed by atoms with van der Waals surface area (Å²) in [5, 5.41) is 10.3. The van der Waals surface area contributed by atoms with E-state index in [2.05, 4.69) is 18.1 Å². The second kappa shape index (κ2) is 8.48. The molecule has 2 rings (SSSR count). The molecule has 0 bridgehead atoms. The molecule has 0 aromatic carbocycles. The molecule has 1 aliphatic rings. The van der Waals surface area contributed by atoms with E-state index in [4.69, 9.17) is 21.1 Å². The summed E-state index contributed by atoms with van der Waals surface area (Å²) in [4.78, 5) is 54.8. The van der Waals surface area contributed by atoms with Crippen molar-refractivity contribution in [3.05, 3.63) is 22.7 Å². The van der Waals surface area contributed by atoms with E-state index < -0.39 is 59.7 Å². The minimum atomic E-state index is -6.02. The average molecular weight is 494 g/mol. The number of nitrogens with two attached hydrogens (primary N) is 2. The molecule has 172 valence electrons. The van der Waals surface area contributed by atoms with E-state index in [1.807, 2.05) is 0 Å². The number of aliphatic hydroxyl groups is 1. The molecule has 17 nitrogen and oxygen atoms in total. The lowest BCUT2D eigenvalue weighted by Gasteiger charge is -2.29. The third-order valence-electron chi connectivity index (χ3n) is 3.74. The Morgan fingerprint density at radius 1 is 1.33 bits per heavy atom. The topological polar surface area (TPSA) is 282 Å². The maximum atomic E-state index is 12.0. The molecular weight excluding hydrogens is 477 g/mol. The molecule has 0 amide bonds. The molecule has 1 aliphatic heterocycles. The van der Waals surface area contributed by atoms with Gasteiger partial charge in [0.05, 0.1) is 12.1 Å². The maximum absolute atomic E-state index is 12.0. The Balaban J connectivity index is 2.12. The Bertz CT molecular complexity index is 992. The number of ether oxygens (including phenoxy) is 1. The first-order valence-corrected chi connectivity index (χ1v) is 12.1. The van der Waals surface area contributed by atoms with Gasteiger partial charge in [-0.3, -0.25) is 18.2 Å². The SMILES string of the molecule is C[C@@]1(N)[C@H](O)[C@@H](COP(=O)(O)OP(=O)([O-])OP(=O)([O-])O)O[C@H]1n1ccc(N)nc1=O. The number of phosphoric acid groups is 3. The van der Waals surface area contributed by atoms with Gasteiger partial charge in [0.1, 0.15) is 18.0 Å². The number of aliphatic hydroxyl groups excluding tert-OH is 1. The lowest BCUT2D eigenvalue weighted by Crippen LogP contribution is -2.53.